The molecule has 5 aromatic rings. The van der Waals surface area contributed by atoms with Crippen LogP contribution in [-0.2, 0) is 6.54 Å². The molecular weight excluding hydrogens is 548 g/mol. The molecular formula is C37H38N4O3. The second kappa shape index (κ2) is 13.2. The Morgan fingerprint density at radius 1 is 0.932 bits per heavy atom. The molecule has 1 amide bonds. The van der Waals surface area contributed by atoms with Crippen LogP contribution in [0.3, 0.4) is 0 Å². The number of aromatic nitrogens is 1. The fraction of sp³-hybridized carbons (Fsp3) is 0.243. The molecule has 7 nitrogen and oxygen atoms in total. The second-order valence-corrected chi connectivity index (χ2v) is 11.4. The summed E-state index contributed by atoms with van der Waals surface area (Å²) in [5.41, 5.74) is 6.25. The van der Waals surface area contributed by atoms with Crippen LogP contribution < -0.4 is 10.1 Å². The van der Waals surface area contributed by atoms with Crippen LogP contribution >= 0.6 is 0 Å². The van der Waals surface area contributed by atoms with Gasteiger partial charge in [0.25, 0.3) is 5.91 Å². The number of carbonyl (C=O) groups is 1. The number of rotatable bonds is 9. The van der Waals surface area contributed by atoms with Gasteiger partial charge in [-0.15, -0.1) is 0 Å². The third-order valence-corrected chi connectivity index (χ3v) is 8.30. The third-order valence-electron chi connectivity index (χ3n) is 8.30. The molecule has 224 valence electrons. The zero-order valence-corrected chi connectivity index (χ0v) is 25.2. The van der Waals surface area contributed by atoms with Crippen LogP contribution in [0.25, 0.3) is 10.9 Å². The first-order valence-electron chi connectivity index (χ1n) is 15.2. The summed E-state index contributed by atoms with van der Waals surface area (Å²) in [5.74, 6) is 0.532. The van der Waals surface area contributed by atoms with E-state index >= 15 is 0 Å². The number of fused-ring (bicyclic) bond motifs is 1. The molecule has 1 aromatic heterocycles. The largest absolute Gasteiger partial charge is 0.497 e. The zero-order chi connectivity index (χ0) is 30.5. The molecule has 7 heteroatoms. The van der Waals surface area contributed by atoms with E-state index in [4.69, 9.17) is 9.73 Å². The molecule has 0 radical (unpaired) electrons. The van der Waals surface area contributed by atoms with Gasteiger partial charge in [-0.1, -0.05) is 61.0 Å². The molecule has 1 fully saturated rings. The fourth-order valence-electron chi connectivity index (χ4n) is 5.87. The predicted octanol–water partition coefficient (Wildman–Crippen LogP) is 7.53. The van der Waals surface area contributed by atoms with Gasteiger partial charge in [-0.05, 0) is 86.4 Å². The van der Waals surface area contributed by atoms with Crippen LogP contribution in [0.15, 0.2) is 102 Å². The minimum absolute atomic E-state index is 0.00614. The van der Waals surface area contributed by atoms with E-state index in [1.54, 1.807) is 13.2 Å². The van der Waals surface area contributed by atoms with Gasteiger partial charge >= 0.3 is 0 Å². The summed E-state index contributed by atoms with van der Waals surface area (Å²) in [6, 6.07) is 31.0. The molecule has 44 heavy (non-hydrogen) atoms. The fourth-order valence-corrected chi connectivity index (χ4v) is 5.87. The molecule has 0 bridgehead atoms. The smallest absolute Gasteiger partial charge is 0.251 e. The normalized spacial score (nSPS) is 14.8. The van der Waals surface area contributed by atoms with Crippen molar-refractivity contribution in [3.8, 4) is 11.6 Å². The summed E-state index contributed by atoms with van der Waals surface area (Å²) >= 11 is 0. The minimum Gasteiger partial charge on any atom is -0.497 e. The van der Waals surface area contributed by atoms with Crippen molar-refractivity contribution in [1.82, 2.24) is 15.2 Å². The summed E-state index contributed by atoms with van der Waals surface area (Å²) in [6.07, 6.45) is 3.85. The van der Waals surface area contributed by atoms with Crippen molar-refractivity contribution >= 4 is 28.2 Å². The summed E-state index contributed by atoms with van der Waals surface area (Å²) in [7, 11) is 1.63. The molecule has 0 unspecified atom stereocenters. The topological polar surface area (TPSA) is 89.9 Å². The lowest BCUT2D eigenvalue weighted by Gasteiger charge is -2.26. The number of hydrogen-bond acceptors (Lipinski definition) is 5. The van der Waals surface area contributed by atoms with E-state index in [1.807, 2.05) is 85.8 Å². The maximum absolute atomic E-state index is 13.4. The van der Waals surface area contributed by atoms with Crippen molar-refractivity contribution in [2.24, 2.45) is 4.99 Å². The average molecular weight is 587 g/mol. The van der Waals surface area contributed by atoms with Gasteiger partial charge < -0.3 is 20.1 Å². The van der Waals surface area contributed by atoms with E-state index in [1.165, 1.54) is 24.8 Å². The van der Waals surface area contributed by atoms with E-state index in [0.717, 1.165) is 47.7 Å². The second-order valence-electron chi connectivity index (χ2n) is 11.4. The van der Waals surface area contributed by atoms with Crippen molar-refractivity contribution in [1.29, 1.82) is 0 Å². The van der Waals surface area contributed by atoms with Gasteiger partial charge in [-0.3, -0.25) is 9.69 Å². The predicted molar refractivity (Wildman–Crippen MR) is 176 cm³/mol. The van der Waals surface area contributed by atoms with Crippen molar-refractivity contribution < 1.29 is 14.6 Å². The Kier molecular flexibility index (Phi) is 8.75. The Hall–Kier alpha value is -4.88. The number of hydrogen-bond donors (Lipinski definition) is 3. The maximum atomic E-state index is 13.4. The van der Waals surface area contributed by atoms with E-state index in [-0.39, 0.29) is 17.8 Å². The SMILES string of the molecule is COc1cccc([C@@H](C)NC(=O)c2ccc3[nH]c(O)c(C(=Nc4ccc(CN5CCCCC5)cc4)c4ccccc4)c3c2)c1. The molecule has 1 aliphatic rings. The van der Waals surface area contributed by atoms with Crippen molar-refractivity contribution in [2.45, 2.75) is 38.8 Å². The van der Waals surface area contributed by atoms with E-state index < -0.39 is 0 Å². The molecule has 4 aromatic carbocycles. The summed E-state index contributed by atoms with van der Waals surface area (Å²) in [5, 5.41) is 15.0. The molecule has 1 aliphatic heterocycles. The van der Waals surface area contributed by atoms with Crippen molar-refractivity contribution in [3.63, 3.8) is 0 Å². The van der Waals surface area contributed by atoms with Crippen LogP contribution in [0.2, 0.25) is 0 Å². The maximum Gasteiger partial charge on any atom is 0.251 e. The highest BCUT2D eigenvalue weighted by Gasteiger charge is 2.21. The highest BCUT2D eigenvalue weighted by molar-refractivity contribution is 6.22. The van der Waals surface area contributed by atoms with Crippen LogP contribution in [-0.4, -0.2) is 46.8 Å². The first-order chi connectivity index (χ1) is 21.5. The first-order valence-corrected chi connectivity index (χ1v) is 15.2. The number of benzene rings is 4. The number of nitrogens with one attached hydrogen (secondary N) is 2. The first kappa shape index (κ1) is 29.2. The number of methoxy groups -OCH3 is 1. The molecule has 0 spiro atoms. The number of aliphatic imine (C=N–C) groups is 1. The van der Waals surface area contributed by atoms with Gasteiger partial charge in [-0.25, -0.2) is 4.99 Å². The van der Waals surface area contributed by atoms with Gasteiger partial charge in [0.05, 0.1) is 30.1 Å². The number of amides is 1. The summed E-state index contributed by atoms with van der Waals surface area (Å²) in [4.78, 5) is 24.1. The molecule has 3 N–H and O–H groups in total. The number of aromatic amines is 1. The van der Waals surface area contributed by atoms with Gasteiger partial charge in [0.2, 0.25) is 0 Å². The Balaban J connectivity index is 1.32. The molecule has 1 saturated heterocycles. The average Bonchev–Trinajstić information content (AvgIpc) is 3.39. The van der Waals surface area contributed by atoms with Crippen LogP contribution in [0.1, 0.15) is 64.8 Å². The lowest BCUT2D eigenvalue weighted by Crippen LogP contribution is -2.28. The van der Waals surface area contributed by atoms with Crippen molar-refractivity contribution in [3.05, 3.63) is 125 Å². The Bertz CT molecular complexity index is 1770. The number of ether oxygens (including phenoxy) is 1. The molecule has 2 heterocycles. The number of piperidine rings is 1. The van der Waals surface area contributed by atoms with Crippen molar-refractivity contribution in [2.75, 3.05) is 20.2 Å². The van der Waals surface area contributed by atoms with Gasteiger partial charge in [0.15, 0.2) is 5.88 Å². The number of carbonyl (C=O) groups excluding carboxylic acids is 1. The van der Waals surface area contributed by atoms with Gasteiger partial charge in [0.1, 0.15) is 5.75 Å². The quantitative estimate of drug-likeness (QED) is 0.156. The number of nitrogens with zero attached hydrogens (tertiary/aromatic N) is 2. The molecule has 0 saturated carbocycles. The highest BCUT2D eigenvalue weighted by atomic mass is 16.5. The Morgan fingerprint density at radius 2 is 1.70 bits per heavy atom. The van der Waals surface area contributed by atoms with E-state index in [9.17, 15) is 9.90 Å². The summed E-state index contributed by atoms with van der Waals surface area (Å²) < 4.78 is 5.34. The van der Waals surface area contributed by atoms with Crippen LogP contribution in [0.4, 0.5) is 5.69 Å². The monoisotopic (exact) mass is 586 g/mol. The number of aromatic hydroxyl groups is 1. The number of H-pyrrole nitrogens is 1. The lowest BCUT2D eigenvalue weighted by atomic mass is 9.99. The third kappa shape index (κ3) is 6.53. The Morgan fingerprint density at radius 3 is 2.45 bits per heavy atom. The van der Waals surface area contributed by atoms with Crippen LogP contribution in [0.5, 0.6) is 11.6 Å². The molecule has 1 atom stereocenters. The summed E-state index contributed by atoms with van der Waals surface area (Å²) in [6.45, 7) is 5.19. The zero-order valence-electron chi connectivity index (χ0n) is 25.2. The van der Waals surface area contributed by atoms with Gasteiger partial charge in [-0.2, -0.15) is 0 Å². The van der Waals surface area contributed by atoms with E-state index in [2.05, 4.69) is 27.3 Å². The van der Waals surface area contributed by atoms with E-state index in [0.29, 0.717) is 22.2 Å². The Labute approximate surface area is 258 Å². The van der Waals surface area contributed by atoms with Gasteiger partial charge in [0, 0.05) is 28.6 Å². The minimum atomic E-state index is -0.230. The highest BCUT2D eigenvalue weighted by Crippen LogP contribution is 2.32. The lowest BCUT2D eigenvalue weighted by molar-refractivity contribution is 0.0940. The molecule has 0 aliphatic carbocycles. The standard InChI is InChI=1S/C37H38N4O3/c1-25(28-12-9-13-31(22-28)44-2)38-36(42)29-16-19-33-32(23-29)34(37(43)40-33)35(27-10-5-3-6-11-27)39-30-17-14-26(15-18-30)24-41-20-7-4-8-21-41/h3,5-6,9-19,22-23,25,40,43H,4,7-8,20-21,24H2,1-2H3,(H,38,42)/t25-/m1/s1. The molecule has 6 rings (SSSR count). The van der Waals surface area contributed by atoms with Crippen LogP contribution in [0, 0.1) is 0 Å². The number of likely N-dealkylation sites (tertiary alicyclic amines) is 1.